The van der Waals surface area contributed by atoms with Crippen molar-refractivity contribution < 1.29 is 13.2 Å². The van der Waals surface area contributed by atoms with Crippen LogP contribution in [-0.4, -0.2) is 40.1 Å². The number of anilines is 1. The highest BCUT2D eigenvalue weighted by Crippen LogP contribution is 2.42. The molecule has 0 atom stereocenters. The van der Waals surface area contributed by atoms with Gasteiger partial charge in [-0.1, -0.05) is 19.1 Å². The molecule has 0 radical (unpaired) electrons. The summed E-state index contributed by atoms with van der Waals surface area (Å²) in [6.07, 6.45) is 2.23. The molecule has 0 aliphatic carbocycles. The van der Waals surface area contributed by atoms with Gasteiger partial charge in [0.1, 0.15) is 17.3 Å². The van der Waals surface area contributed by atoms with Crippen molar-refractivity contribution >= 4 is 26.8 Å². The molecule has 26 heavy (non-hydrogen) atoms. The number of methoxy groups -OCH3 is 1. The van der Waals surface area contributed by atoms with Gasteiger partial charge in [0.15, 0.2) is 0 Å². The topological polar surface area (TPSA) is 121 Å². The maximum absolute atomic E-state index is 11.0. The van der Waals surface area contributed by atoms with Crippen molar-refractivity contribution in [3.8, 4) is 11.8 Å². The Morgan fingerprint density at radius 2 is 2.19 bits per heavy atom. The molecule has 3 rings (SSSR count). The minimum Gasteiger partial charge on any atom is -0.494 e. The van der Waals surface area contributed by atoms with E-state index in [4.69, 9.17) is 9.88 Å². The van der Waals surface area contributed by atoms with E-state index in [2.05, 4.69) is 27.6 Å². The van der Waals surface area contributed by atoms with E-state index in [0.29, 0.717) is 42.9 Å². The number of pyridine rings is 1. The summed E-state index contributed by atoms with van der Waals surface area (Å²) in [6.45, 7) is 3.80. The summed E-state index contributed by atoms with van der Waals surface area (Å²) in [6, 6.07) is 7.86. The lowest BCUT2D eigenvalue weighted by Gasteiger charge is -2.50. The number of nitrogens with two attached hydrogens (primary N) is 1. The first kappa shape index (κ1) is 18.4. The van der Waals surface area contributed by atoms with Gasteiger partial charge < -0.3 is 9.64 Å². The molecule has 0 saturated carbocycles. The lowest BCUT2D eigenvalue weighted by Crippen LogP contribution is -2.56. The molecule has 1 aliphatic heterocycles. The number of nitrogens with zero attached hydrogens (tertiary/aromatic N) is 3. The molecule has 2 aromatic rings. The van der Waals surface area contributed by atoms with Gasteiger partial charge in [0.05, 0.1) is 18.4 Å². The van der Waals surface area contributed by atoms with E-state index in [1.165, 1.54) is 0 Å². The van der Waals surface area contributed by atoms with Crippen molar-refractivity contribution in [1.82, 2.24) is 9.71 Å². The standard InChI is InChI=1S/C17H21N5O3S/c1-17(6-7-21-26(19,23)24)10-22(11-17)16-12(8-18)9-20-15-13(16)4-3-5-14(15)25-2/h3-5,9,21H,6-7,10-11H2,1-2H3,(H2,19,23,24). The summed E-state index contributed by atoms with van der Waals surface area (Å²) >= 11 is 0. The van der Waals surface area contributed by atoms with E-state index in [1.54, 1.807) is 13.3 Å². The lowest BCUT2D eigenvalue weighted by molar-refractivity contribution is 0.226. The molecule has 1 aromatic heterocycles. The molecule has 0 amide bonds. The monoisotopic (exact) mass is 375 g/mol. The molecule has 138 valence electrons. The van der Waals surface area contributed by atoms with E-state index < -0.39 is 10.2 Å². The number of hydrogen-bond acceptors (Lipinski definition) is 6. The molecular formula is C17H21N5O3S. The molecule has 1 aliphatic rings. The van der Waals surface area contributed by atoms with Crippen LogP contribution in [0.25, 0.3) is 10.9 Å². The van der Waals surface area contributed by atoms with Crippen LogP contribution < -0.4 is 19.5 Å². The Bertz CT molecular complexity index is 978. The van der Waals surface area contributed by atoms with E-state index >= 15 is 0 Å². The van der Waals surface area contributed by atoms with Crippen LogP contribution in [0.5, 0.6) is 5.75 Å². The van der Waals surface area contributed by atoms with Crippen LogP contribution in [-0.2, 0) is 10.2 Å². The van der Waals surface area contributed by atoms with Gasteiger partial charge in [0.2, 0.25) is 0 Å². The summed E-state index contributed by atoms with van der Waals surface area (Å²) in [4.78, 5) is 6.50. The normalized spacial score (nSPS) is 16.2. The molecule has 0 spiro atoms. The zero-order valence-electron chi connectivity index (χ0n) is 14.7. The van der Waals surface area contributed by atoms with Crippen molar-refractivity contribution in [2.45, 2.75) is 13.3 Å². The number of benzene rings is 1. The molecule has 1 aromatic carbocycles. The Labute approximate surface area is 152 Å². The molecular weight excluding hydrogens is 354 g/mol. The van der Waals surface area contributed by atoms with Crippen molar-refractivity contribution in [2.75, 3.05) is 31.6 Å². The third-order valence-electron chi connectivity index (χ3n) is 4.67. The first-order chi connectivity index (χ1) is 12.3. The van der Waals surface area contributed by atoms with Gasteiger partial charge in [-0.15, -0.1) is 0 Å². The molecule has 3 N–H and O–H groups in total. The second-order valence-corrected chi connectivity index (χ2v) is 8.22. The first-order valence-electron chi connectivity index (χ1n) is 8.14. The summed E-state index contributed by atoms with van der Waals surface area (Å²) in [5.41, 5.74) is 2.01. The molecule has 2 heterocycles. The average Bonchev–Trinajstić information content (AvgIpc) is 2.56. The van der Waals surface area contributed by atoms with Crippen molar-refractivity contribution in [2.24, 2.45) is 10.6 Å². The predicted molar refractivity (Wildman–Crippen MR) is 99.1 cm³/mol. The zero-order valence-corrected chi connectivity index (χ0v) is 15.5. The van der Waals surface area contributed by atoms with Crippen LogP contribution in [0.2, 0.25) is 0 Å². The first-order valence-corrected chi connectivity index (χ1v) is 9.69. The van der Waals surface area contributed by atoms with E-state index in [9.17, 15) is 13.7 Å². The van der Waals surface area contributed by atoms with Gasteiger partial charge in [-0.3, -0.25) is 4.98 Å². The quantitative estimate of drug-likeness (QED) is 0.780. The molecule has 1 fully saturated rings. The van der Waals surface area contributed by atoms with Gasteiger partial charge in [-0.2, -0.15) is 13.7 Å². The summed E-state index contributed by atoms with van der Waals surface area (Å²) < 4.78 is 29.7. The minimum atomic E-state index is -3.67. The highest BCUT2D eigenvalue weighted by atomic mass is 32.2. The number of hydrogen-bond donors (Lipinski definition) is 2. The lowest BCUT2D eigenvalue weighted by atomic mass is 9.78. The van der Waals surface area contributed by atoms with Gasteiger partial charge in [-0.25, -0.2) is 9.86 Å². The fourth-order valence-electron chi connectivity index (χ4n) is 3.46. The van der Waals surface area contributed by atoms with Crippen LogP contribution in [0.15, 0.2) is 24.4 Å². The Kier molecular flexibility index (Phi) is 4.75. The number of nitrogens with one attached hydrogen (secondary N) is 1. The minimum absolute atomic E-state index is 0.0567. The molecule has 0 bridgehead atoms. The molecule has 8 nitrogen and oxygen atoms in total. The van der Waals surface area contributed by atoms with E-state index in [0.717, 1.165) is 11.1 Å². The fraction of sp³-hybridized carbons (Fsp3) is 0.412. The Balaban J connectivity index is 1.85. The van der Waals surface area contributed by atoms with Crippen molar-refractivity contribution in [3.63, 3.8) is 0 Å². The highest BCUT2D eigenvalue weighted by Gasteiger charge is 2.40. The zero-order chi connectivity index (χ0) is 18.9. The van der Waals surface area contributed by atoms with Crippen LogP contribution >= 0.6 is 0 Å². The van der Waals surface area contributed by atoms with Crippen LogP contribution in [0.3, 0.4) is 0 Å². The maximum Gasteiger partial charge on any atom is 0.274 e. The maximum atomic E-state index is 11.0. The second kappa shape index (κ2) is 6.72. The highest BCUT2D eigenvalue weighted by molar-refractivity contribution is 7.87. The van der Waals surface area contributed by atoms with E-state index in [1.807, 2.05) is 18.2 Å². The number of rotatable bonds is 6. The number of aromatic nitrogens is 1. The van der Waals surface area contributed by atoms with Crippen LogP contribution in [0.4, 0.5) is 5.69 Å². The van der Waals surface area contributed by atoms with Gasteiger partial charge >= 0.3 is 0 Å². The SMILES string of the molecule is COc1cccc2c(N3CC(C)(CCNS(N)(=O)=O)C3)c(C#N)cnc12. The molecule has 0 unspecified atom stereocenters. The molecule has 9 heteroatoms. The summed E-state index contributed by atoms with van der Waals surface area (Å²) in [7, 11) is -2.08. The Morgan fingerprint density at radius 3 is 2.81 bits per heavy atom. The average molecular weight is 375 g/mol. The number of nitriles is 1. The summed E-state index contributed by atoms with van der Waals surface area (Å²) in [5.74, 6) is 0.661. The predicted octanol–water partition coefficient (Wildman–Crippen LogP) is 1.12. The van der Waals surface area contributed by atoms with Crippen LogP contribution in [0.1, 0.15) is 18.9 Å². The largest absolute Gasteiger partial charge is 0.494 e. The smallest absolute Gasteiger partial charge is 0.274 e. The van der Waals surface area contributed by atoms with Crippen LogP contribution in [0, 0.1) is 16.7 Å². The third kappa shape index (κ3) is 3.58. The van der Waals surface area contributed by atoms with Gasteiger partial charge in [0.25, 0.3) is 10.2 Å². The van der Waals surface area contributed by atoms with Gasteiger partial charge in [0, 0.05) is 36.6 Å². The third-order valence-corrected chi connectivity index (χ3v) is 5.27. The van der Waals surface area contributed by atoms with E-state index in [-0.39, 0.29) is 5.41 Å². The Morgan fingerprint density at radius 1 is 1.46 bits per heavy atom. The van der Waals surface area contributed by atoms with Crippen molar-refractivity contribution in [1.29, 1.82) is 5.26 Å². The van der Waals surface area contributed by atoms with Gasteiger partial charge in [-0.05, 0) is 12.5 Å². The number of fused-ring (bicyclic) bond motifs is 1. The second-order valence-electron chi connectivity index (χ2n) is 6.84. The molecule has 1 saturated heterocycles. The van der Waals surface area contributed by atoms with Crippen molar-refractivity contribution in [3.05, 3.63) is 30.0 Å². The Hall–Kier alpha value is -2.41. The number of para-hydroxylation sites is 1. The number of ether oxygens (including phenoxy) is 1. The fourth-order valence-corrected chi connectivity index (χ4v) is 3.84. The summed E-state index contributed by atoms with van der Waals surface area (Å²) in [5, 5.41) is 15.3.